The van der Waals surface area contributed by atoms with Crippen LogP contribution in [0.1, 0.15) is 23.1 Å². The van der Waals surface area contributed by atoms with Gasteiger partial charge in [-0.3, -0.25) is 4.99 Å². The van der Waals surface area contributed by atoms with E-state index in [-0.39, 0.29) is 0 Å². The molecule has 0 saturated heterocycles. The number of aliphatic imine (C=N–C) groups is 1. The molecule has 10 heteroatoms. The Labute approximate surface area is 177 Å². The molecule has 6 N–H and O–H groups in total. The highest BCUT2D eigenvalue weighted by molar-refractivity contribution is 6.27. The van der Waals surface area contributed by atoms with Crippen LogP contribution in [0.3, 0.4) is 0 Å². The summed E-state index contributed by atoms with van der Waals surface area (Å²) in [4.78, 5) is 41.3. The van der Waals surface area contributed by atoms with E-state index < -0.39 is 23.9 Å². The first-order valence-corrected chi connectivity index (χ1v) is 9.01. The van der Waals surface area contributed by atoms with Crippen molar-refractivity contribution in [3.63, 3.8) is 0 Å². The molecule has 0 saturated carbocycles. The average Bonchev–Trinajstić information content (AvgIpc) is 2.75. The molecule has 10 nitrogen and oxygen atoms in total. The van der Waals surface area contributed by atoms with Crippen molar-refractivity contribution in [1.82, 2.24) is 0 Å². The van der Waals surface area contributed by atoms with Crippen LogP contribution in [0, 0.1) is 0 Å². The molecule has 1 aliphatic rings. The fourth-order valence-corrected chi connectivity index (χ4v) is 2.67. The molecule has 0 spiro atoms. The van der Waals surface area contributed by atoms with E-state index in [0.29, 0.717) is 12.6 Å². The van der Waals surface area contributed by atoms with Gasteiger partial charge in [0.15, 0.2) is 0 Å². The van der Waals surface area contributed by atoms with E-state index in [1.54, 1.807) is 0 Å². The molecular weight excluding hydrogens is 408 g/mol. The van der Waals surface area contributed by atoms with Crippen molar-refractivity contribution < 1.29 is 39.6 Å². The number of rotatable bonds is 3. The number of hydrogen-bond acceptors (Lipinski definition) is 6. The molecule has 0 aromatic heterocycles. The maximum atomic E-state index is 9.10. The smallest absolute Gasteiger partial charge is 0.414 e. The first-order chi connectivity index (χ1) is 14.7. The quantitative estimate of drug-likeness (QED) is 0.444. The Morgan fingerprint density at radius 2 is 1.29 bits per heavy atom. The summed E-state index contributed by atoms with van der Waals surface area (Å²) in [6, 6.07) is 19.3. The van der Waals surface area contributed by atoms with Gasteiger partial charge >= 0.3 is 23.9 Å². The molecule has 1 atom stereocenters. The largest absolute Gasteiger partial charge is 0.473 e. The molecule has 3 rings (SSSR count). The summed E-state index contributed by atoms with van der Waals surface area (Å²) >= 11 is 0. The van der Waals surface area contributed by atoms with Gasteiger partial charge in [0, 0.05) is 11.1 Å². The lowest BCUT2D eigenvalue weighted by molar-refractivity contribution is -0.159. The number of carbonyl (C=O) groups is 4. The third-order valence-corrected chi connectivity index (χ3v) is 3.95. The van der Waals surface area contributed by atoms with Crippen molar-refractivity contribution in [1.29, 1.82) is 0 Å². The standard InChI is InChI=1S/C17H18N2.2C2H2O4/c18-11-10-15-12-14-8-4-5-9-16(14)17(19-15)13-6-2-1-3-7-13;2*3-1(4)2(5)6/h1-9,15H,10-12,18H2;2*(H,3,4)(H,5,6). The zero-order valence-corrected chi connectivity index (χ0v) is 16.3. The van der Waals surface area contributed by atoms with Crippen molar-refractivity contribution in [2.45, 2.75) is 18.9 Å². The number of aliphatic carboxylic acids is 4. The third-order valence-electron chi connectivity index (χ3n) is 3.95. The second-order valence-corrected chi connectivity index (χ2v) is 6.16. The van der Waals surface area contributed by atoms with Crippen LogP contribution < -0.4 is 5.73 Å². The van der Waals surface area contributed by atoms with Crippen molar-refractivity contribution >= 4 is 29.6 Å². The topological polar surface area (TPSA) is 188 Å². The molecule has 31 heavy (non-hydrogen) atoms. The lowest BCUT2D eigenvalue weighted by Crippen LogP contribution is -2.24. The monoisotopic (exact) mass is 430 g/mol. The van der Waals surface area contributed by atoms with Crippen LogP contribution in [0.25, 0.3) is 0 Å². The van der Waals surface area contributed by atoms with E-state index in [9.17, 15) is 0 Å². The van der Waals surface area contributed by atoms with E-state index >= 15 is 0 Å². The summed E-state index contributed by atoms with van der Waals surface area (Å²) in [6.45, 7) is 0.693. The van der Waals surface area contributed by atoms with Gasteiger partial charge in [0.05, 0.1) is 11.8 Å². The minimum absolute atomic E-state index is 0.315. The van der Waals surface area contributed by atoms with E-state index in [1.165, 1.54) is 16.7 Å². The number of carboxylic acids is 4. The lowest BCUT2D eigenvalue weighted by Gasteiger charge is -2.23. The molecule has 2 aromatic carbocycles. The predicted octanol–water partition coefficient (Wildman–Crippen LogP) is 1.11. The Morgan fingerprint density at radius 1 is 0.806 bits per heavy atom. The number of benzene rings is 2. The second-order valence-electron chi connectivity index (χ2n) is 6.16. The van der Waals surface area contributed by atoms with Crippen LogP contribution in [0.2, 0.25) is 0 Å². The second kappa shape index (κ2) is 12.5. The molecule has 1 unspecified atom stereocenters. The van der Waals surface area contributed by atoms with Gasteiger partial charge in [-0.1, -0.05) is 54.6 Å². The van der Waals surface area contributed by atoms with Crippen LogP contribution in [0.15, 0.2) is 59.6 Å². The van der Waals surface area contributed by atoms with Gasteiger partial charge in [-0.15, -0.1) is 0 Å². The summed E-state index contributed by atoms with van der Waals surface area (Å²) in [7, 11) is 0. The highest BCUT2D eigenvalue weighted by Gasteiger charge is 2.20. The van der Waals surface area contributed by atoms with E-state index in [1.807, 2.05) is 6.07 Å². The number of fused-ring (bicyclic) bond motifs is 1. The fourth-order valence-electron chi connectivity index (χ4n) is 2.67. The Bertz CT molecular complexity index is 909. The molecule has 164 valence electrons. The number of nitrogens with two attached hydrogens (primary N) is 1. The van der Waals surface area contributed by atoms with Crippen LogP contribution in [-0.2, 0) is 25.6 Å². The van der Waals surface area contributed by atoms with Gasteiger partial charge < -0.3 is 26.2 Å². The normalized spacial score (nSPS) is 13.7. The zero-order chi connectivity index (χ0) is 23.4. The third kappa shape index (κ3) is 8.46. The summed E-state index contributed by atoms with van der Waals surface area (Å²) < 4.78 is 0. The van der Waals surface area contributed by atoms with E-state index in [0.717, 1.165) is 18.6 Å². The molecule has 2 aromatic rings. The van der Waals surface area contributed by atoms with Crippen molar-refractivity contribution in [2.24, 2.45) is 10.7 Å². The van der Waals surface area contributed by atoms with E-state index in [4.69, 9.17) is 50.3 Å². The van der Waals surface area contributed by atoms with Gasteiger partial charge in [0.2, 0.25) is 0 Å². The zero-order valence-electron chi connectivity index (χ0n) is 16.3. The van der Waals surface area contributed by atoms with Crippen LogP contribution in [0.4, 0.5) is 0 Å². The Hall–Kier alpha value is -4.05. The average molecular weight is 430 g/mol. The molecule has 0 bridgehead atoms. The number of nitrogens with zero attached hydrogens (tertiary/aromatic N) is 1. The van der Waals surface area contributed by atoms with E-state index in [2.05, 4.69) is 48.5 Å². The highest BCUT2D eigenvalue weighted by Crippen LogP contribution is 2.24. The Balaban J connectivity index is 0.000000333. The molecular formula is C21H22N2O8. The van der Waals surface area contributed by atoms with Crippen LogP contribution >= 0.6 is 0 Å². The van der Waals surface area contributed by atoms with Gasteiger partial charge in [0.25, 0.3) is 0 Å². The number of hydrogen-bond donors (Lipinski definition) is 5. The SMILES string of the molecule is NCCC1Cc2ccccc2C(c2ccccc2)=N1.O=C(O)C(=O)O.O=C(O)C(=O)O. The van der Waals surface area contributed by atoms with Crippen molar-refractivity contribution in [3.8, 4) is 0 Å². The van der Waals surface area contributed by atoms with Gasteiger partial charge in [-0.2, -0.15) is 0 Å². The predicted molar refractivity (Wildman–Crippen MR) is 110 cm³/mol. The summed E-state index contributed by atoms with van der Waals surface area (Å²) in [5.41, 5.74) is 10.6. The highest BCUT2D eigenvalue weighted by atomic mass is 16.4. The molecule has 0 fully saturated rings. The van der Waals surface area contributed by atoms with Crippen LogP contribution in [-0.4, -0.2) is 62.6 Å². The van der Waals surface area contributed by atoms with Crippen molar-refractivity contribution in [2.75, 3.05) is 6.54 Å². The van der Waals surface area contributed by atoms with Crippen LogP contribution in [0.5, 0.6) is 0 Å². The maximum Gasteiger partial charge on any atom is 0.414 e. The Morgan fingerprint density at radius 3 is 1.77 bits per heavy atom. The first-order valence-electron chi connectivity index (χ1n) is 9.01. The summed E-state index contributed by atoms with van der Waals surface area (Å²) in [6.07, 6.45) is 1.95. The van der Waals surface area contributed by atoms with Crippen molar-refractivity contribution in [3.05, 3.63) is 71.3 Å². The summed E-state index contributed by atoms with van der Waals surface area (Å²) in [5, 5.41) is 29.6. The minimum atomic E-state index is -1.82. The molecule has 1 heterocycles. The van der Waals surface area contributed by atoms with Gasteiger partial charge in [-0.25, -0.2) is 19.2 Å². The first kappa shape index (κ1) is 25.0. The Kier molecular flexibility index (Phi) is 10.1. The van der Waals surface area contributed by atoms with Gasteiger partial charge in [0.1, 0.15) is 0 Å². The molecule has 0 aliphatic carbocycles. The van der Waals surface area contributed by atoms with Gasteiger partial charge in [-0.05, 0) is 24.9 Å². The summed E-state index contributed by atoms with van der Waals surface area (Å²) in [5.74, 6) is -7.30. The molecule has 1 aliphatic heterocycles. The number of carboxylic acid groups (broad SMARTS) is 4. The fraction of sp³-hybridized carbons (Fsp3) is 0.190. The molecule has 0 amide bonds. The minimum Gasteiger partial charge on any atom is -0.473 e. The molecule has 0 radical (unpaired) electrons. The lowest BCUT2D eigenvalue weighted by atomic mass is 9.89. The maximum absolute atomic E-state index is 9.10.